The molecule has 10 nitrogen and oxygen atoms in total. The summed E-state index contributed by atoms with van der Waals surface area (Å²) in [5, 5.41) is 8.65. The Balaban J connectivity index is 0.000000359. The van der Waals surface area contributed by atoms with E-state index in [1.807, 2.05) is 72.5 Å². The minimum atomic E-state index is -3.89. The van der Waals surface area contributed by atoms with Crippen molar-refractivity contribution in [3.63, 3.8) is 0 Å². The van der Waals surface area contributed by atoms with Crippen LogP contribution in [0.4, 0.5) is 4.39 Å². The number of carbonyl (C=O) groups excluding carboxylic acids is 1. The molecule has 2 atom stereocenters. The van der Waals surface area contributed by atoms with Crippen molar-refractivity contribution in [1.82, 2.24) is 0 Å². The number of esters is 1. The van der Waals surface area contributed by atoms with Crippen molar-refractivity contribution >= 4 is 42.3 Å². The third-order valence-electron chi connectivity index (χ3n) is 7.16. The van der Waals surface area contributed by atoms with Crippen LogP contribution >= 0.6 is 20.2 Å². The fourth-order valence-electron chi connectivity index (χ4n) is 4.36. The van der Waals surface area contributed by atoms with Gasteiger partial charge in [-0.2, -0.15) is 0 Å². The molecule has 4 rings (SSSR count). The molecule has 0 radical (unpaired) electrons. The van der Waals surface area contributed by atoms with Crippen LogP contribution in [0.3, 0.4) is 0 Å². The summed E-state index contributed by atoms with van der Waals surface area (Å²) < 4.78 is 61.6. The van der Waals surface area contributed by atoms with Crippen molar-refractivity contribution in [2.75, 3.05) is 20.3 Å². The molecule has 3 N–H and O–H groups in total. The second-order valence-corrected chi connectivity index (χ2v) is 17.4. The number of nitrogens with two attached hydrogens (primary N) is 1. The maximum absolute atomic E-state index is 12.9. The normalized spacial score (nSPS) is 12.8. The maximum Gasteiger partial charge on any atom is 0.320 e. The average molecular weight is 847 g/mol. The number of halogens is 2. The molecule has 0 aliphatic heterocycles. The second-order valence-electron chi connectivity index (χ2n) is 11.3. The molecule has 0 aliphatic rings. The molecule has 4 aromatic carbocycles. The smallest absolute Gasteiger partial charge is 0.320 e. The molecule has 13 heteroatoms. The maximum atomic E-state index is 12.9. The predicted molar refractivity (Wildman–Crippen MR) is 206 cm³/mol. The Morgan fingerprint density at radius 3 is 1.88 bits per heavy atom. The van der Waals surface area contributed by atoms with Gasteiger partial charge in [0.25, 0.3) is 0 Å². The van der Waals surface area contributed by atoms with E-state index in [9.17, 15) is 22.4 Å². The van der Waals surface area contributed by atoms with Gasteiger partial charge in [-0.1, -0.05) is 12.1 Å². The standard InChI is InChI=1S/C27H29IO6S.C12H14FNO3/c1-21-10-16-26(17-11-21)35(30,31)34-28(24-8-5-4-6-9-24)18-7-19-33-25-14-12-23(13-15-25)20-22(2)27(29)32-3;13-6-1-7-17-10-4-2-9(3-5-10)8-11(14)12(15)16/h4-18,22H,19-20H2,1-3H3;1-6,11H,7-8,14H2,(H,15,16)/b18-7+;6-1+/i;13-1. The van der Waals surface area contributed by atoms with Crippen molar-refractivity contribution in [3.8, 4) is 11.5 Å². The third-order valence-corrected chi connectivity index (χ3v) is 14.0. The van der Waals surface area contributed by atoms with E-state index in [-0.39, 0.29) is 36.4 Å². The number of hydrogen-bond donors (Lipinski definition) is 2. The van der Waals surface area contributed by atoms with Crippen LogP contribution < -0.4 is 15.2 Å². The van der Waals surface area contributed by atoms with Crippen LogP contribution in [-0.4, -0.2) is 51.8 Å². The molecule has 0 saturated carbocycles. The first-order valence-electron chi connectivity index (χ1n) is 16.1. The fourth-order valence-corrected chi connectivity index (χ4v) is 10.5. The SMILES string of the molecule is COC(=O)C(C)Cc1ccc(OC/C=C/I(OS(=O)(=O)c2ccc(C)cc2)c2ccccc2)cc1.NC(Cc1ccc(OC/C=C/[18F])cc1)C(=O)O. The van der Waals surface area contributed by atoms with Gasteiger partial charge in [0.2, 0.25) is 0 Å². The van der Waals surface area contributed by atoms with Gasteiger partial charge in [-0.05, 0) is 30.2 Å². The van der Waals surface area contributed by atoms with Crippen LogP contribution in [0, 0.1) is 16.4 Å². The molecule has 2 unspecified atom stereocenters. The minimum Gasteiger partial charge on any atom is -0.489 e. The number of benzene rings is 4. The first kappa shape index (κ1) is 41.8. The molecular weight excluding hydrogens is 803 g/mol. The van der Waals surface area contributed by atoms with E-state index >= 15 is 0 Å². The van der Waals surface area contributed by atoms with Gasteiger partial charge >= 0.3 is 215 Å². The topological polar surface area (TPSA) is 151 Å². The molecule has 0 saturated heterocycles. The summed E-state index contributed by atoms with van der Waals surface area (Å²) >= 11 is -2.67. The Kier molecular flexibility index (Phi) is 17.5. The van der Waals surface area contributed by atoms with E-state index in [1.54, 1.807) is 54.6 Å². The zero-order valence-electron chi connectivity index (χ0n) is 29.1. The second kappa shape index (κ2) is 21.7. The number of carboxylic acid groups (broad SMARTS) is 1. The van der Waals surface area contributed by atoms with Gasteiger partial charge in [-0.3, -0.25) is 4.79 Å². The Bertz CT molecular complexity index is 1850. The molecule has 4 aromatic rings. The van der Waals surface area contributed by atoms with Gasteiger partial charge in [0.15, 0.2) is 0 Å². The van der Waals surface area contributed by atoms with Gasteiger partial charge < -0.3 is 15.6 Å². The van der Waals surface area contributed by atoms with Gasteiger partial charge in [-0.15, -0.1) is 0 Å². The van der Waals surface area contributed by atoms with E-state index in [0.29, 0.717) is 24.2 Å². The summed E-state index contributed by atoms with van der Waals surface area (Å²) in [4.78, 5) is 22.3. The molecule has 0 fully saturated rings. The number of ether oxygens (including phenoxy) is 3. The molecule has 52 heavy (non-hydrogen) atoms. The minimum absolute atomic E-state index is 0.146. The van der Waals surface area contributed by atoms with Crippen LogP contribution in [0.1, 0.15) is 23.6 Å². The van der Waals surface area contributed by atoms with Gasteiger partial charge in [0.1, 0.15) is 18.4 Å². The molecular formula is C39H43FINO9S. The largest absolute Gasteiger partial charge is 0.489 e. The number of rotatable bonds is 17. The quantitative estimate of drug-likeness (QED) is 0.0811. The molecule has 0 spiro atoms. The summed E-state index contributed by atoms with van der Waals surface area (Å²) in [5.41, 5.74) is 8.21. The van der Waals surface area contributed by atoms with Crippen LogP contribution in [0.2, 0.25) is 0 Å². The zero-order chi connectivity index (χ0) is 37.9. The molecule has 0 amide bonds. The Morgan fingerprint density at radius 1 is 0.827 bits per heavy atom. The molecule has 0 heterocycles. The fraction of sp³-hybridized carbons (Fsp3) is 0.231. The number of carbonyl (C=O) groups is 2. The van der Waals surface area contributed by atoms with Crippen molar-refractivity contribution in [1.29, 1.82) is 0 Å². The van der Waals surface area contributed by atoms with Crippen molar-refractivity contribution < 1.29 is 44.2 Å². The number of aliphatic carboxylic acids is 1. The van der Waals surface area contributed by atoms with Gasteiger partial charge in [0, 0.05) is 0 Å². The van der Waals surface area contributed by atoms with E-state index < -0.39 is 42.4 Å². The summed E-state index contributed by atoms with van der Waals surface area (Å²) in [5.74, 6) is -0.210. The number of aryl methyl sites for hydroxylation is 1. The summed E-state index contributed by atoms with van der Waals surface area (Å²) in [7, 11) is -2.51. The van der Waals surface area contributed by atoms with E-state index in [4.69, 9.17) is 27.6 Å². The van der Waals surface area contributed by atoms with Crippen molar-refractivity contribution in [2.24, 2.45) is 11.7 Å². The van der Waals surface area contributed by atoms with Crippen molar-refractivity contribution in [2.45, 2.75) is 37.6 Å². The van der Waals surface area contributed by atoms with E-state index in [1.165, 1.54) is 13.2 Å². The van der Waals surface area contributed by atoms with E-state index in [0.717, 1.165) is 20.3 Å². The third kappa shape index (κ3) is 14.6. The Labute approximate surface area is 312 Å². The van der Waals surface area contributed by atoms with Crippen molar-refractivity contribution in [3.05, 3.63) is 146 Å². The summed E-state index contributed by atoms with van der Waals surface area (Å²) in [6, 6.07) is 29.5. The predicted octanol–water partition coefficient (Wildman–Crippen LogP) is 7.44. The Morgan fingerprint density at radius 2 is 1.37 bits per heavy atom. The number of hydrogen-bond acceptors (Lipinski definition) is 9. The first-order chi connectivity index (χ1) is 24.9. The zero-order valence-corrected chi connectivity index (χ0v) is 32.0. The molecule has 0 aromatic heterocycles. The Hall–Kier alpha value is -4.57. The van der Waals surface area contributed by atoms with E-state index in [2.05, 4.69) is 0 Å². The van der Waals surface area contributed by atoms with Gasteiger partial charge in [0.05, 0.1) is 13.4 Å². The average Bonchev–Trinajstić information content (AvgIpc) is 3.14. The van der Waals surface area contributed by atoms with Crippen LogP contribution in [0.5, 0.6) is 11.5 Å². The first-order valence-corrected chi connectivity index (χ1v) is 20.7. The van der Waals surface area contributed by atoms with Crippen LogP contribution in [-0.2, 0) is 39.8 Å². The van der Waals surface area contributed by atoms with Crippen LogP contribution in [0.25, 0.3) is 0 Å². The number of carboxylic acids is 1. The van der Waals surface area contributed by atoms with Gasteiger partial charge in [-0.25, -0.2) is 4.39 Å². The molecule has 0 bridgehead atoms. The summed E-state index contributed by atoms with van der Waals surface area (Å²) in [6.45, 7) is 4.16. The number of methoxy groups -OCH3 is 1. The molecule has 0 aliphatic carbocycles. The molecule has 278 valence electrons. The monoisotopic (exact) mass is 846 g/mol. The summed E-state index contributed by atoms with van der Waals surface area (Å²) in [6.07, 6.45) is 4.31. The van der Waals surface area contributed by atoms with Crippen LogP contribution in [0.15, 0.2) is 131 Å².